The third-order valence-corrected chi connectivity index (χ3v) is 5.44. The van der Waals surface area contributed by atoms with Crippen molar-refractivity contribution in [2.75, 3.05) is 18.0 Å². The lowest BCUT2D eigenvalue weighted by Crippen LogP contribution is -2.27. The number of hydrogen-bond acceptors (Lipinski definition) is 2. The van der Waals surface area contributed by atoms with Gasteiger partial charge in [-0.2, -0.15) is 5.10 Å². The number of rotatable bonds is 2. The van der Waals surface area contributed by atoms with Crippen molar-refractivity contribution >= 4 is 5.69 Å². The molecule has 0 amide bonds. The monoisotopic (exact) mass is 295 g/mol. The van der Waals surface area contributed by atoms with Crippen LogP contribution in [0.3, 0.4) is 0 Å². The normalized spacial score (nSPS) is 27.1. The standard InChI is InChI=1S/C19H25N3/c1-19(2,3)18-16-11-22(12-17(16)18)15-7-5-6-13(8-15)14-9-20-21(4)10-14/h5-10,16-18H,11-12H2,1-4H3. The van der Waals surface area contributed by atoms with Crippen molar-refractivity contribution in [2.45, 2.75) is 20.8 Å². The van der Waals surface area contributed by atoms with E-state index >= 15 is 0 Å². The first-order chi connectivity index (χ1) is 10.4. The maximum absolute atomic E-state index is 4.28. The summed E-state index contributed by atoms with van der Waals surface area (Å²) in [5, 5.41) is 4.28. The summed E-state index contributed by atoms with van der Waals surface area (Å²) in [7, 11) is 1.97. The zero-order chi connectivity index (χ0) is 15.5. The first kappa shape index (κ1) is 13.9. The van der Waals surface area contributed by atoms with Crippen LogP contribution in [0.15, 0.2) is 36.7 Å². The minimum Gasteiger partial charge on any atom is -0.371 e. The third kappa shape index (κ3) is 2.23. The van der Waals surface area contributed by atoms with E-state index in [9.17, 15) is 0 Å². The molecular formula is C19H25N3. The second-order valence-electron chi connectivity index (χ2n) is 8.08. The van der Waals surface area contributed by atoms with Gasteiger partial charge in [-0.05, 0) is 40.9 Å². The van der Waals surface area contributed by atoms with E-state index in [-0.39, 0.29) is 0 Å². The molecule has 0 radical (unpaired) electrons. The molecule has 22 heavy (non-hydrogen) atoms. The van der Waals surface area contributed by atoms with Crippen molar-refractivity contribution < 1.29 is 0 Å². The molecule has 0 bridgehead atoms. The van der Waals surface area contributed by atoms with Gasteiger partial charge in [0.15, 0.2) is 0 Å². The molecule has 0 spiro atoms. The van der Waals surface area contributed by atoms with Crippen LogP contribution >= 0.6 is 0 Å². The fourth-order valence-electron chi connectivity index (χ4n) is 4.47. The maximum Gasteiger partial charge on any atom is 0.0568 e. The number of aryl methyl sites for hydroxylation is 1. The molecule has 116 valence electrons. The topological polar surface area (TPSA) is 21.1 Å². The highest BCUT2D eigenvalue weighted by Crippen LogP contribution is 2.60. The van der Waals surface area contributed by atoms with E-state index in [0.717, 1.165) is 17.8 Å². The number of anilines is 1. The molecule has 4 rings (SSSR count). The molecule has 2 unspecified atom stereocenters. The Balaban J connectivity index is 1.52. The lowest BCUT2D eigenvalue weighted by molar-refractivity contribution is 0.309. The summed E-state index contributed by atoms with van der Waals surface area (Å²) in [6.45, 7) is 9.63. The first-order valence-corrected chi connectivity index (χ1v) is 8.27. The largest absolute Gasteiger partial charge is 0.371 e. The van der Waals surface area contributed by atoms with Crippen LogP contribution in [-0.4, -0.2) is 22.9 Å². The van der Waals surface area contributed by atoms with Crippen LogP contribution in [0.5, 0.6) is 0 Å². The molecule has 3 nitrogen and oxygen atoms in total. The van der Waals surface area contributed by atoms with E-state index in [1.807, 2.05) is 17.9 Å². The van der Waals surface area contributed by atoms with Crippen molar-refractivity contribution in [1.82, 2.24) is 9.78 Å². The molecule has 2 atom stereocenters. The molecule has 2 heterocycles. The van der Waals surface area contributed by atoms with Gasteiger partial charge in [0.25, 0.3) is 0 Å². The van der Waals surface area contributed by atoms with E-state index in [4.69, 9.17) is 0 Å². The molecule has 2 aliphatic rings. The second-order valence-corrected chi connectivity index (χ2v) is 8.08. The Bertz CT molecular complexity index is 683. The number of benzene rings is 1. The predicted molar refractivity (Wildman–Crippen MR) is 90.8 cm³/mol. The van der Waals surface area contributed by atoms with Gasteiger partial charge < -0.3 is 4.90 Å². The van der Waals surface area contributed by atoms with Gasteiger partial charge in [0, 0.05) is 37.6 Å². The lowest BCUT2D eigenvalue weighted by atomic mass is 9.87. The average Bonchev–Trinajstić information content (AvgIpc) is 2.83. The van der Waals surface area contributed by atoms with Crippen LogP contribution in [0.1, 0.15) is 20.8 Å². The maximum atomic E-state index is 4.28. The Morgan fingerprint density at radius 3 is 2.41 bits per heavy atom. The highest BCUT2D eigenvalue weighted by atomic mass is 15.2. The van der Waals surface area contributed by atoms with Gasteiger partial charge in [-0.3, -0.25) is 4.68 Å². The summed E-state index contributed by atoms with van der Waals surface area (Å²) in [6, 6.07) is 8.91. The van der Waals surface area contributed by atoms with Crippen LogP contribution in [-0.2, 0) is 7.05 Å². The summed E-state index contributed by atoms with van der Waals surface area (Å²) in [4.78, 5) is 2.57. The van der Waals surface area contributed by atoms with Gasteiger partial charge in [0.2, 0.25) is 0 Å². The zero-order valence-electron chi connectivity index (χ0n) is 14.0. The van der Waals surface area contributed by atoms with E-state index in [0.29, 0.717) is 5.41 Å². The molecular weight excluding hydrogens is 270 g/mol. The predicted octanol–water partition coefficient (Wildman–Crippen LogP) is 3.82. The zero-order valence-corrected chi connectivity index (χ0v) is 14.0. The van der Waals surface area contributed by atoms with Crippen molar-refractivity contribution in [3.05, 3.63) is 36.7 Å². The number of nitrogens with zero attached hydrogens (tertiary/aromatic N) is 3. The molecule has 0 N–H and O–H groups in total. The summed E-state index contributed by atoms with van der Waals surface area (Å²) in [6.07, 6.45) is 4.02. The fourth-order valence-corrected chi connectivity index (χ4v) is 4.47. The van der Waals surface area contributed by atoms with Crippen LogP contribution in [0.25, 0.3) is 11.1 Å². The van der Waals surface area contributed by atoms with Gasteiger partial charge in [-0.15, -0.1) is 0 Å². The quantitative estimate of drug-likeness (QED) is 0.840. The smallest absolute Gasteiger partial charge is 0.0568 e. The Kier molecular flexibility index (Phi) is 2.91. The van der Waals surface area contributed by atoms with Crippen LogP contribution in [0.2, 0.25) is 0 Å². The number of hydrogen-bond donors (Lipinski definition) is 0. The number of aromatic nitrogens is 2. The van der Waals surface area contributed by atoms with Crippen molar-refractivity contribution in [2.24, 2.45) is 30.2 Å². The second kappa shape index (κ2) is 4.61. The minimum atomic E-state index is 0.471. The Labute approximate surface area is 132 Å². The van der Waals surface area contributed by atoms with Crippen LogP contribution in [0.4, 0.5) is 5.69 Å². The van der Waals surface area contributed by atoms with Gasteiger partial charge in [0.1, 0.15) is 0 Å². The van der Waals surface area contributed by atoms with Crippen LogP contribution < -0.4 is 4.90 Å². The highest BCUT2D eigenvalue weighted by molar-refractivity contribution is 5.67. The minimum absolute atomic E-state index is 0.471. The first-order valence-electron chi connectivity index (χ1n) is 8.27. The molecule has 1 aromatic carbocycles. The number of fused-ring (bicyclic) bond motifs is 1. The van der Waals surface area contributed by atoms with Gasteiger partial charge >= 0.3 is 0 Å². The highest BCUT2D eigenvalue weighted by Gasteiger charge is 2.59. The molecule has 1 saturated carbocycles. The van der Waals surface area contributed by atoms with Crippen molar-refractivity contribution in [3.8, 4) is 11.1 Å². The molecule has 3 heteroatoms. The average molecular weight is 295 g/mol. The van der Waals surface area contributed by atoms with E-state index in [1.165, 1.54) is 29.9 Å². The molecule has 2 aromatic rings. The Morgan fingerprint density at radius 2 is 1.82 bits per heavy atom. The molecule has 1 saturated heterocycles. The van der Waals surface area contributed by atoms with Crippen molar-refractivity contribution in [1.29, 1.82) is 0 Å². The fraction of sp³-hybridized carbons (Fsp3) is 0.526. The van der Waals surface area contributed by atoms with Crippen LogP contribution in [0, 0.1) is 23.2 Å². The number of piperidine rings is 1. The Hall–Kier alpha value is -1.77. The summed E-state index contributed by atoms with van der Waals surface area (Å²) in [5.74, 6) is 2.73. The molecule has 2 fully saturated rings. The molecule has 1 aromatic heterocycles. The van der Waals surface area contributed by atoms with Gasteiger partial charge in [-0.25, -0.2) is 0 Å². The third-order valence-electron chi connectivity index (χ3n) is 5.44. The Morgan fingerprint density at radius 1 is 1.09 bits per heavy atom. The van der Waals surface area contributed by atoms with E-state index in [2.05, 4.69) is 61.2 Å². The van der Waals surface area contributed by atoms with Gasteiger partial charge in [-0.1, -0.05) is 32.9 Å². The SMILES string of the molecule is Cn1cc(-c2cccc(N3CC4C(C3)C4C(C)(C)C)c2)cn1. The van der Waals surface area contributed by atoms with E-state index < -0.39 is 0 Å². The summed E-state index contributed by atoms with van der Waals surface area (Å²) < 4.78 is 1.86. The summed E-state index contributed by atoms with van der Waals surface area (Å²) >= 11 is 0. The molecule has 1 aliphatic carbocycles. The van der Waals surface area contributed by atoms with Gasteiger partial charge in [0.05, 0.1) is 6.20 Å². The lowest BCUT2D eigenvalue weighted by Gasteiger charge is -2.27. The van der Waals surface area contributed by atoms with E-state index in [1.54, 1.807) is 0 Å². The van der Waals surface area contributed by atoms with Crippen molar-refractivity contribution in [3.63, 3.8) is 0 Å². The summed E-state index contributed by atoms with van der Waals surface area (Å²) in [5.41, 5.74) is 4.29. The molecule has 1 aliphatic heterocycles.